The van der Waals surface area contributed by atoms with Crippen LogP contribution in [0, 0.1) is 10.8 Å². The molecule has 3 aliphatic rings. The number of allylic oxidation sites excluding steroid dienone is 4. The molecule has 2 aliphatic carbocycles. The molecule has 0 saturated carbocycles. The van der Waals surface area contributed by atoms with E-state index in [4.69, 9.17) is 9.84 Å². The molecule has 0 unspecified atom stereocenters. The summed E-state index contributed by atoms with van der Waals surface area (Å²) in [6.07, 6.45) is 2.54. The largest absolute Gasteiger partial charge is 0.489 e. The second kappa shape index (κ2) is 9.26. The summed E-state index contributed by atoms with van der Waals surface area (Å²) in [5.74, 6) is -0.399. The third-order valence-corrected chi connectivity index (χ3v) is 8.00. The van der Waals surface area contributed by atoms with E-state index in [2.05, 4.69) is 32.6 Å². The molecule has 6 heteroatoms. The molecule has 2 aromatic carbocycles. The highest BCUT2D eigenvalue weighted by atomic mass is 16.5. The van der Waals surface area contributed by atoms with Crippen LogP contribution in [0.15, 0.2) is 71.1 Å². The first-order chi connectivity index (χ1) is 17.8. The van der Waals surface area contributed by atoms with E-state index in [0.29, 0.717) is 25.2 Å². The minimum absolute atomic E-state index is 0.124. The van der Waals surface area contributed by atoms with Crippen molar-refractivity contribution in [1.29, 1.82) is 0 Å². The van der Waals surface area contributed by atoms with Crippen LogP contribution in [0.2, 0.25) is 0 Å². The Morgan fingerprint density at radius 2 is 1.34 bits per heavy atom. The van der Waals surface area contributed by atoms with E-state index >= 15 is 0 Å². The number of Topliss-reactive ketones (excluding diaryl/α,β-unsaturated/α-hetero) is 2. The first kappa shape index (κ1) is 26.0. The molecule has 0 atom stereocenters. The number of ether oxygens (including phenoxy) is 1. The van der Waals surface area contributed by atoms with Crippen LogP contribution >= 0.6 is 0 Å². The maximum Gasteiger partial charge on any atom is 0.335 e. The number of carbonyl (C=O) groups is 3. The summed E-state index contributed by atoms with van der Waals surface area (Å²) < 4.78 is 5.95. The fourth-order valence-electron chi connectivity index (χ4n) is 6.16. The van der Waals surface area contributed by atoms with Crippen molar-refractivity contribution < 1.29 is 24.2 Å². The number of rotatable bonds is 5. The lowest BCUT2D eigenvalue weighted by Crippen LogP contribution is -2.43. The van der Waals surface area contributed by atoms with E-state index in [0.717, 1.165) is 46.5 Å². The van der Waals surface area contributed by atoms with Gasteiger partial charge in [-0.1, -0.05) is 52.0 Å². The van der Waals surface area contributed by atoms with Gasteiger partial charge in [0.1, 0.15) is 12.4 Å². The Kier molecular flexibility index (Phi) is 6.33. The summed E-state index contributed by atoms with van der Waals surface area (Å²) in [4.78, 5) is 40.4. The maximum absolute atomic E-state index is 13.6. The lowest BCUT2D eigenvalue weighted by molar-refractivity contribution is -0.119. The molecule has 5 rings (SSSR count). The highest BCUT2D eigenvalue weighted by Gasteiger charge is 2.48. The van der Waals surface area contributed by atoms with Gasteiger partial charge in [0, 0.05) is 48.3 Å². The molecule has 0 amide bonds. The van der Waals surface area contributed by atoms with E-state index in [-0.39, 0.29) is 33.9 Å². The molecular weight excluding hydrogens is 478 g/mol. The lowest BCUT2D eigenvalue weighted by Gasteiger charge is -2.47. The Hall–Kier alpha value is -3.67. The van der Waals surface area contributed by atoms with Gasteiger partial charge in [0.25, 0.3) is 0 Å². The quantitative estimate of drug-likeness (QED) is 0.507. The highest BCUT2D eigenvalue weighted by Crippen LogP contribution is 2.53. The minimum atomic E-state index is -0.960. The van der Waals surface area contributed by atoms with Gasteiger partial charge >= 0.3 is 5.97 Å². The molecule has 38 heavy (non-hydrogen) atoms. The van der Waals surface area contributed by atoms with Crippen LogP contribution in [0.25, 0.3) is 0 Å². The number of carbonyl (C=O) groups excluding carboxylic acids is 2. The van der Waals surface area contributed by atoms with Crippen LogP contribution < -0.4 is 4.74 Å². The number of hydrogen-bond donors (Lipinski definition) is 1. The Bertz CT molecular complexity index is 1320. The zero-order valence-electron chi connectivity index (χ0n) is 22.8. The number of aromatic carboxylic acids is 1. The summed E-state index contributed by atoms with van der Waals surface area (Å²) in [6.45, 7) is 8.86. The van der Waals surface area contributed by atoms with Crippen LogP contribution in [-0.4, -0.2) is 34.6 Å². The number of hydrogen-bond acceptors (Lipinski definition) is 5. The van der Waals surface area contributed by atoms with E-state index in [1.165, 1.54) is 0 Å². The smallest absolute Gasteiger partial charge is 0.335 e. The fourth-order valence-corrected chi connectivity index (χ4v) is 6.16. The Morgan fingerprint density at radius 1 is 0.842 bits per heavy atom. The zero-order valence-corrected chi connectivity index (χ0v) is 22.8. The van der Waals surface area contributed by atoms with Gasteiger partial charge in [0.2, 0.25) is 0 Å². The first-order valence-corrected chi connectivity index (χ1v) is 13.2. The molecule has 1 aliphatic heterocycles. The van der Waals surface area contributed by atoms with Gasteiger partial charge in [-0.15, -0.1) is 0 Å². The lowest BCUT2D eigenvalue weighted by atomic mass is 9.64. The SMILES string of the molecule is CN1C2=C(C(=O)CC(C)(C)C2)C(c2ccc(OCc3ccc(C(=O)O)cc3)cc2)C2=C1CC(C)(C)CC2=O. The van der Waals surface area contributed by atoms with Gasteiger partial charge in [-0.05, 0) is 59.1 Å². The van der Waals surface area contributed by atoms with Gasteiger partial charge in [-0.2, -0.15) is 0 Å². The third kappa shape index (κ3) is 4.80. The Balaban J connectivity index is 1.47. The molecule has 0 fully saturated rings. The molecule has 0 saturated heterocycles. The van der Waals surface area contributed by atoms with Crippen molar-refractivity contribution in [2.45, 2.75) is 65.9 Å². The van der Waals surface area contributed by atoms with Crippen molar-refractivity contribution in [3.05, 3.63) is 87.8 Å². The molecule has 198 valence electrons. The predicted molar refractivity (Wildman–Crippen MR) is 145 cm³/mol. The van der Waals surface area contributed by atoms with Crippen LogP contribution in [0.3, 0.4) is 0 Å². The van der Waals surface area contributed by atoms with Crippen molar-refractivity contribution in [2.75, 3.05) is 7.05 Å². The summed E-state index contributed by atoms with van der Waals surface area (Å²) in [5.41, 5.74) is 5.41. The van der Waals surface area contributed by atoms with Crippen molar-refractivity contribution in [3.63, 3.8) is 0 Å². The second-order valence-electron chi connectivity index (χ2n) is 12.5. The monoisotopic (exact) mass is 513 g/mol. The van der Waals surface area contributed by atoms with E-state index in [1.807, 2.05) is 31.3 Å². The normalized spacial score (nSPS) is 20.8. The van der Waals surface area contributed by atoms with Crippen LogP contribution in [-0.2, 0) is 16.2 Å². The van der Waals surface area contributed by atoms with Gasteiger partial charge in [0.05, 0.1) is 5.56 Å². The topological polar surface area (TPSA) is 83.9 Å². The molecule has 0 aromatic heterocycles. The Labute approximate surface area is 224 Å². The molecule has 1 heterocycles. The van der Waals surface area contributed by atoms with Crippen molar-refractivity contribution in [3.8, 4) is 5.75 Å². The second-order valence-corrected chi connectivity index (χ2v) is 12.5. The maximum atomic E-state index is 13.6. The summed E-state index contributed by atoms with van der Waals surface area (Å²) >= 11 is 0. The fraction of sp³-hybridized carbons (Fsp3) is 0.406. The number of carboxylic acid groups (broad SMARTS) is 1. The molecule has 0 spiro atoms. The van der Waals surface area contributed by atoms with Crippen molar-refractivity contribution >= 4 is 17.5 Å². The third-order valence-electron chi connectivity index (χ3n) is 8.00. The van der Waals surface area contributed by atoms with Crippen LogP contribution in [0.5, 0.6) is 5.75 Å². The minimum Gasteiger partial charge on any atom is -0.489 e. The molecule has 1 N–H and O–H groups in total. The first-order valence-electron chi connectivity index (χ1n) is 13.2. The molecular formula is C32H35NO5. The average Bonchev–Trinajstić information content (AvgIpc) is 2.83. The van der Waals surface area contributed by atoms with Crippen LogP contribution in [0.1, 0.15) is 80.8 Å². The standard InChI is InChI=1S/C32H35NO5/c1-31(2)14-23-28(25(34)16-31)27(29-24(33(23)5)15-32(3,4)17-26(29)35)20-10-12-22(13-11-20)38-18-19-6-8-21(9-7-19)30(36)37/h6-13,27H,14-18H2,1-5H3,(H,36,37). The summed E-state index contributed by atoms with van der Waals surface area (Å²) in [5, 5.41) is 9.08. The van der Waals surface area contributed by atoms with E-state index < -0.39 is 5.97 Å². The number of ketones is 2. The number of nitrogens with zero attached hydrogens (tertiary/aromatic N) is 1. The Morgan fingerprint density at radius 3 is 1.82 bits per heavy atom. The zero-order chi connectivity index (χ0) is 27.4. The molecule has 2 aromatic rings. The molecule has 0 radical (unpaired) electrons. The highest BCUT2D eigenvalue weighted by molar-refractivity contribution is 6.06. The number of benzene rings is 2. The average molecular weight is 514 g/mol. The van der Waals surface area contributed by atoms with E-state index in [1.54, 1.807) is 24.3 Å². The molecule has 6 nitrogen and oxygen atoms in total. The van der Waals surface area contributed by atoms with Gasteiger partial charge in [-0.25, -0.2) is 4.79 Å². The van der Waals surface area contributed by atoms with Crippen molar-refractivity contribution in [1.82, 2.24) is 4.90 Å². The summed E-state index contributed by atoms with van der Waals surface area (Å²) in [6, 6.07) is 14.3. The van der Waals surface area contributed by atoms with E-state index in [9.17, 15) is 14.4 Å². The molecule has 0 bridgehead atoms. The number of carboxylic acids is 1. The predicted octanol–water partition coefficient (Wildman–Crippen LogP) is 6.28. The summed E-state index contributed by atoms with van der Waals surface area (Å²) in [7, 11) is 2.02. The van der Waals surface area contributed by atoms with Gasteiger partial charge in [-0.3, -0.25) is 9.59 Å². The van der Waals surface area contributed by atoms with Crippen LogP contribution in [0.4, 0.5) is 0 Å². The van der Waals surface area contributed by atoms with Gasteiger partial charge < -0.3 is 14.7 Å². The van der Waals surface area contributed by atoms with Crippen molar-refractivity contribution in [2.24, 2.45) is 10.8 Å². The van der Waals surface area contributed by atoms with Gasteiger partial charge in [0.15, 0.2) is 11.6 Å².